The Balaban J connectivity index is 1.44. The number of carbonyl (C=O) groups excluding carboxylic acids is 3. The summed E-state index contributed by atoms with van der Waals surface area (Å²) in [6.45, 7) is -0.277. The molecule has 1 fully saturated rings. The molecule has 3 aromatic rings. The van der Waals surface area contributed by atoms with E-state index in [2.05, 4.69) is 21.2 Å². The van der Waals surface area contributed by atoms with E-state index in [9.17, 15) is 18.8 Å². The summed E-state index contributed by atoms with van der Waals surface area (Å²) in [5.41, 5.74) is 1.69. The minimum atomic E-state index is -0.594. The fourth-order valence-corrected chi connectivity index (χ4v) is 5.23. The van der Waals surface area contributed by atoms with Crippen LogP contribution < -0.4 is 10.1 Å². The lowest BCUT2D eigenvalue weighted by atomic mass is 10.2. The Morgan fingerprint density at radius 3 is 2.50 bits per heavy atom. The van der Waals surface area contributed by atoms with E-state index < -0.39 is 23.6 Å². The largest absolute Gasteiger partial charge is 0.486 e. The SMILES string of the molecule is O=C(CN1C(=O)S/C(=C/c2cc(Cl)c(OCc3ccc(F)cc3)c(Br)c2)C1=O)Nc1ccccc1Cl. The number of imide groups is 1. The number of thioether (sulfide) groups is 1. The minimum absolute atomic E-state index is 0.147. The van der Waals surface area contributed by atoms with E-state index in [1.54, 1.807) is 48.5 Å². The van der Waals surface area contributed by atoms with Crippen LogP contribution in [0.2, 0.25) is 10.0 Å². The van der Waals surface area contributed by atoms with E-state index in [4.69, 9.17) is 27.9 Å². The molecule has 6 nitrogen and oxygen atoms in total. The van der Waals surface area contributed by atoms with Crippen LogP contribution in [0.25, 0.3) is 6.08 Å². The van der Waals surface area contributed by atoms with Gasteiger partial charge in [-0.2, -0.15) is 0 Å². The van der Waals surface area contributed by atoms with Gasteiger partial charge in [0.2, 0.25) is 5.91 Å². The summed E-state index contributed by atoms with van der Waals surface area (Å²) in [6, 6.07) is 15.8. The number of halogens is 4. The smallest absolute Gasteiger partial charge is 0.294 e. The van der Waals surface area contributed by atoms with Crippen LogP contribution in [-0.2, 0) is 16.2 Å². The van der Waals surface area contributed by atoms with Crippen LogP contribution in [0.4, 0.5) is 14.9 Å². The number of para-hydroxylation sites is 1. The Morgan fingerprint density at radius 2 is 1.81 bits per heavy atom. The van der Waals surface area contributed by atoms with Crippen LogP contribution in [0, 0.1) is 5.82 Å². The molecule has 3 aromatic carbocycles. The molecule has 0 unspecified atom stereocenters. The van der Waals surface area contributed by atoms with E-state index in [1.807, 2.05) is 0 Å². The highest BCUT2D eigenvalue weighted by molar-refractivity contribution is 9.10. The number of carbonyl (C=O) groups is 3. The number of amides is 3. The van der Waals surface area contributed by atoms with E-state index in [1.165, 1.54) is 18.2 Å². The van der Waals surface area contributed by atoms with Gasteiger partial charge in [0.25, 0.3) is 11.1 Å². The lowest BCUT2D eigenvalue weighted by Gasteiger charge is -2.13. The van der Waals surface area contributed by atoms with Gasteiger partial charge < -0.3 is 10.1 Å². The Hall–Kier alpha value is -2.85. The second-order valence-electron chi connectivity index (χ2n) is 7.52. The van der Waals surface area contributed by atoms with E-state index >= 15 is 0 Å². The molecule has 0 aromatic heterocycles. The standard InChI is InChI=1S/C25H16BrCl2FN2O4S/c26-17-9-15(10-19(28)23(17)35-13-14-5-7-16(29)8-6-14)11-21-24(33)31(25(34)36-21)12-22(32)30-20-4-2-1-3-18(20)27/h1-11H,12-13H2,(H,30,32)/b21-11+. The zero-order valence-corrected chi connectivity index (χ0v) is 22.2. The summed E-state index contributed by atoms with van der Waals surface area (Å²) in [6.07, 6.45) is 1.51. The van der Waals surface area contributed by atoms with Crippen molar-refractivity contribution in [3.63, 3.8) is 0 Å². The molecule has 4 rings (SSSR count). The zero-order valence-electron chi connectivity index (χ0n) is 18.3. The summed E-state index contributed by atoms with van der Waals surface area (Å²) >= 11 is 16.6. The van der Waals surface area contributed by atoms with Crippen LogP contribution in [0.1, 0.15) is 11.1 Å². The number of anilines is 1. The van der Waals surface area contributed by atoms with Crippen molar-refractivity contribution in [3.05, 3.63) is 97.0 Å². The number of benzene rings is 3. The Labute approximate surface area is 228 Å². The first kappa shape index (κ1) is 26.2. The molecule has 0 saturated carbocycles. The fourth-order valence-electron chi connectivity index (χ4n) is 3.22. The highest BCUT2D eigenvalue weighted by atomic mass is 79.9. The molecule has 184 valence electrons. The predicted octanol–water partition coefficient (Wildman–Crippen LogP) is 7.15. The lowest BCUT2D eigenvalue weighted by molar-refractivity contribution is -0.127. The quantitative estimate of drug-likeness (QED) is 0.288. The van der Waals surface area contributed by atoms with Crippen molar-refractivity contribution in [3.8, 4) is 5.75 Å². The minimum Gasteiger partial charge on any atom is -0.486 e. The highest BCUT2D eigenvalue weighted by Crippen LogP contribution is 2.38. The summed E-state index contributed by atoms with van der Waals surface area (Å²) in [5.74, 6) is -1.11. The maximum atomic E-state index is 13.1. The van der Waals surface area contributed by atoms with Gasteiger partial charge in [0, 0.05) is 0 Å². The number of nitrogens with zero attached hydrogens (tertiary/aromatic N) is 1. The third-order valence-corrected chi connectivity index (χ3v) is 7.04. The average Bonchev–Trinajstić information content (AvgIpc) is 3.08. The molecule has 36 heavy (non-hydrogen) atoms. The summed E-state index contributed by atoms with van der Waals surface area (Å²) in [5, 5.41) is 2.64. The molecule has 0 aliphatic carbocycles. The van der Waals surface area contributed by atoms with Gasteiger partial charge in [-0.1, -0.05) is 47.5 Å². The Kier molecular flexibility index (Phi) is 8.35. The maximum Gasteiger partial charge on any atom is 0.294 e. The van der Waals surface area contributed by atoms with E-state index in [0.717, 1.165) is 22.2 Å². The molecule has 0 atom stereocenters. The van der Waals surface area contributed by atoms with Crippen molar-refractivity contribution >= 4 is 79.7 Å². The molecular formula is C25H16BrCl2FN2O4S. The van der Waals surface area contributed by atoms with Gasteiger partial charge >= 0.3 is 0 Å². The van der Waals surface area contributed by atoms with Crippen LogP contribution in [0.15, 0.2) is 70.0 Å². The molecule has 0 bridgehead atoms. The van der Waals surface area contributed by atoms with Crippen LogP contribution in [0.5, 0.6) is 5.75 Å². The second-order valence-corrected chi connectivity index (χ2v) is 10.2. The second kappa shape index (κ2) is 11.5. The van der Waals surface area contributed by atoms with Crippen molar-refractivity contribution in [2.45, 2.75) is 6.61 Å². The molecule has 1 aliphatic heterocycles. The number of hydrogen-bond donors (Lipinski definition) is 1. The van der Waals surface area contributed by atoms with Crippen molar-refractivity contribution < 1.29 is 23.5 Å². The highest BCUT2D eigenvalue weighted by Gasteiger charge is 2.36. The topological polar surface area (TPSA) is 75.7 Å². The van der Waals surface area contributed by atoms with Gasteiger partial charge in [0.1, 0.15) is 19.0 Å². The monoisotopic (exact) mass is 608 g/mol. The average molecular weight is 610 g/mol. The molecule has 11 heteroatoms. The molecule has 1 aliphatic rings. The predicted molar refractivity (Wildman–Crippen MR) is 143 cm³/mol. The molecular weight excluding hydrogens is 594 g/mol. The molecule has 1 saturated heterocycles. The van der Waals surface area contributed by atoms with Gasteiger partial charge in [0.05, 0.1) is 25.1 Å². The van der Waals surface area contributed by atoms with Gasteiger partial charge in [-0.15, -0.1) is 0 Å². The van der Waals surface area contributed by atoms with Gasteiger partial charge in [-0.05, 0) is 81.3 Å². The van der Waals surface area contributed by atoms with Crippen molar-refractivity contribution in [2.75, 3.05) is 11.9 Å². The third kappa shape index (κ3) is 6.28. The Bertz CT molecular complexity index is 1360. The van der Waals surface area contributed by atoms with Gasteiger partial charge in [-0.3, -0.25) is 19.3 Å². The number of rotatable bonds is 7. The number of hydrogen-bond acceptors (Lipinski definition) is 5. The molecule has 0 spiro atoms. The summed E-state index contributed by atoms with van der Waals surface area (Å²) in [4.78, 5) is 38.6. The van der Waals surface area contributed by atoms with Gasteiger partial charge in [0.15, 0.2) is 5.75 Å². The first-order valence-electron chi connectivity index (χ1n) is 10.4. The normalized spacial score (nSPS) is 14.4. The zero-order chi connectivity index (χ0) is 25.8. The molecule has 0 radical (unpaired) electrons. The Morgan fingerprint density at radius 1 is 1.08 bits per heavy atom. The third-order valence-electron chi connectivity index (χ3n) is 4.94. The van der Waals surface area contributed by atoms with Crippen molar-refractivity contribution in [1.29, 1.82) is 0 Å². The van der Waals surface area contributed by atoms with Crippen LogP contribution in [-0.4, -0.2) is 28.5 Å². The number of nitrogens with one attached hydrogen (secondary N) is 1. The van der Waals surface area contributed by atoms with Crippen LogP contribution in [0.3, 0.4) is 0 Å². The first-order valence-corrected chi connectivity index (χ1v) is 12.7. The van der Waals surface area contributed by atoms with Gasteiger partial charge in [-0.25, -0.2) is 4.39 Å². The lowest BCUT2D eigenvalue weighted by Crippen LogP contribution is -2.36. The fraction of sp³-hybridized carbons (Fsp3) is 0.0800. The maximum absolute atomic E-state index is 13.1. The summed E-state index contributed by atoms with van der Waals surface area (Å²) in [7, 11) is 0. The number of ether oxygens (including phenoxy) is 1. The van der Waals surface area contributed by atoms with Crippen LogP contribution >= 0.6 is 50.9 Å². The van der Waals surface area contributed by atoms with E-state index in [-0.39, 0.29) is 22.4 Å². The first-order chi connectivity index (χ1) is 17.2. The molecule has 1 heterocycles. The van der Waals surface area contributed by atoms with Crippen molar-refractivity contribution in [1.82, 2.24) is 4.90 Å². The molecule has 1 N–H and O–H groups in total. The van der Waals surface area contributed by atoms with E-state index in [0.29, 0.717) is 26.5 Å². The van der Waals surface area contributed by atoms with Crippen molar-refractivity contribution in [2.24, 2.45) is 0 Å². The summed E-state index contributed by atoms with van der Waals surface area (Å²) < 4.78 is 19.4. The molecule has 3 amide bonds.